The van der Waals surface area contributed by atoms with Crippen LogP contribution in [-0.2, 0) is 0 Å². The smallest absolute Gasteiger partial charge is 0.0431 e. The molecule has 2 heteroatoms. The lowest BCUT2D eigenvalue weighted by atomic mass is 10.2. The van der Waals surface area contributed by atoms with Gasteiger partial charge in [-0.3, -0.25) is 4.99 Å². The first-order chi connectivity index (χ1) is 7.51. The molecule has 0 spiro atoms. The Morgan fingerprint density at radius 3 is 2.31 bits per heavy atom. The van der Waals surface area contributed by atoms with Crippen molar-refractivity contribution in [3.63, 3.8) is 0 Å². The van der Waals surface area contributed by atoms with Crippen LogP contribution >= 0.6 is 15.9 Å². The van der Waals surface area contributed by atoms with Gasteiger partial charge in [-0.2, -0.15) is 0 Å². The van der Waals surface area contributed by atoms with Crippen molar-refractivity contribution in [3.05, 3.63) is 34.0 Å². The molecule has 0 amide bonds. The first-order valence-electron chi connectivity index (χ1n) is 5.70. The quantitative estimate of drug-likeness (QED) is 0.600. The lowest BCUT2D eigenvalue weighted by molar-refractivity contribution is 1.08. The predicted octanol–water partition coefficient (Wildman–Crippen LogP) is 5.40. The van der Waals surface area contributed by atoms with Crippen molar-refractivity contribution in [3.8, 4) is 0 Å². The average Bonchev–Trinajstić information content (AvgIpc) is 2.23. The second-order valence-electron chi connectivity index (χ2n) is 3.91. The minimum absolute atomic E-state index is 0.894. The van der Waals surface area contributed by atoms with E-state index in [1.807, 2.05) is 26.0 Å². The summed E-state index contributed by atoms with van der Waals surface area (Å²) in [4.78, 5) is 4.62. The fourth-order valence-electron chi connectivity index (χ4n) is 1.20. The normalized spacial score (nSPS) is 13.4. The maximum absolute atomic E-state index is 4.62. The van der Waals surface area contributed by atoms with Crippen molar-refractivity contribution >= 4 is 21.6 Å². The summed E-state index contributed by atoms with van der Waals surface area (Å²) in [6, 6.07) is 0. The number of hydrogen-bond donors (Lipinski definition) is 0. The monoisotopic (exact) mass is 283 g/mol. The summed E-state index contributed by atoms with van der Waals surface area (Å²) in [6.45, 7) is 10.4. The van der Waals surface area contributed by atoms with Crippen LogP contribution in [-0.4, -0.2) is 5.71 Å². The average molecular weight is 284 g/mol. The molecule has 0 atom stereocenters. The second-order valence-corrected chi connectivity index (χ2v) is 4.93. The van der Waals surface area contributed by atoms with Crippen molar-refractivity contribution in [2.75, 3.05) is 0 Å². The summed E-state index contributed by atoms with van der Waals surface area (Å²) in [7, 11) is 0. The highest BCUT2D eigenvalue weighted by molar-refractivity contribution is 9.11. The van der Waals surface area contributed by atoms with Crippen LogP contribution in [0.15, 0.2) is 39.0 Å². The van der Waals surface area contributed by atoms with Crippen LogP contribution in [0, 0.1) is 0 Å². The molecule has 0 aliphatic rings. The zero-order chi connectivity index (χ0) is 12.6. The fourth-order valence-corrected chi connectivity index (χ4v) is 1.37. The Morgan fingerprint density at radius 2 is 1.88 bits per heavy atom. The highest BCUT2D eigenvalue weighted by Crippen LogP contribution is 2.17. The Balaban J connectivity index is 4.81. The van der Waals surface area contributed by atoms with Crippen molar-refractivity contribution < 1.29 is 0 Å². The van der Waals surface area contributed by atoms with Crippen LogP contribution in [0.4, 0.5) is 0 Å². The molecule has 0 unspecified atom stereocenters. The van der Waals surface area contributed by atoms with E-state index in [4.69, 9.17) is 0 Å². The molecule has 0 aliphatic carbocycles. The zero-order valence-corrected chi connectivity index (χ0v) is 12.6. The van der Waals surface area contributed by atoms with Crippen LogP contribution in [0.3, 0.4) is 0 Å². The van der Waals surface area contributed by atoms with Crippen LogP contribution in [0.5, 0.6) is 0 Å². The van der Waals surface area contributed by atoms with Gasteiger partial charge in [-0.25, -0.2) is 0 Å². The van der Waals surface area contributed by atoms with E-state index in [-0.39, 0.29) is 0 Å². The van der Waals surface area contributed by atoms with E-state index in [1.54, 1.807) is 0 Å². The number of aliphatic imine (C=N–C) groups is 1. The largest absolute Gasteiger partial charge is 0.258 e. The summed E-state index contributed by atoms with van der Waals surface area (Å²) in [5.74, 6) is 0. The van der Waals surface area contributed by atoms with Gasteiger partial charge in [0.1, 0.15) is 0 Å². The van der Waals surface area contributed by atoms with Gasteiger partial charge in [-0.15, -0.1) is 0 Å². The lowest BCUT2D eigenvalue weighted by Gasteiger charge is -2.03. The van der Waals surface area contributed by atoms with Gasteiger partial charge < -0.3 is 0 Å². The molecule has 0 aromatic carbocycles. The van der Waals surface area contributed by atoms with Crippen LogP contribution in [0.1, 0.15) is 47.5 Å². The number of rotatable bonds is 5. The van der Waals surface area contributed by atoms with E-state index in [9.17, 15) is 0 Å². The molecule has 90 valence electrons. The van der Waals surface area contributed by atoms with E-state index in [1.165, 1.54) is 10.1 Å². The predicted molar refractivity (Wildman–Crippen MR) is 78.2 cm³/mol. The van der Waals surface area contributed by atoms with Gasteiger partial charge in [0.25, 0.3) is 0 Å². The van der Waals surface area contributed by atoms with Crippen LogP contribution in [0.2, 0.25) is 0 Å². The Bertz CT molecular complexity index is 329. The number of halogens is 1. The minimum atomic E-state index is 0.894. The summed E-state index contributed by atoms with van der Waals surface area (Å²) in [5.41, 5.74) is 3.48. The molecule has 0 saturated carbocycles. The molecule has 0 N–H and O–H groups in total. The molecule has 0 rings (SSSR count). The molecule has 0 aliphatic heterocycles. The van der Waals surface area contributed by atoms with Crippen molar-refractivity contribution in [2.24, 2.45) is 4.99 Å². The minimum Gasteiger partial charge on any atom is -0.258 e. The SMILES string of the molecule is C/C=C/C(C)=N\C(C/C=C(\Br)CC)=C(C)C. The van der Waals surface area contributed by atoms with Crippen LogP contribution in [0.25, 0.3) is 0 Å². The molecule has 1 nitrogen and oxygen atoms in total. The van der Waals surface area contributed by atoms with E-state index < -0.39 is 0 Å². The number of allylic oxidation sites excluding steroid dienone is 5. The van der Waals surface area contributed by atoms with Gasteiger partial charge in [0, 0.05) is 17.8 Å². The molecular weight excluding hydrogens is 262 g/mol. The third-order valence-electron chi connectivity index (χ3n) is 2.15. The van der Waals surface area contributed by atoms with Crippen LogP contribution < -0.4 is 0 Å². The topological polar surface area (TPSA) is 12.4 Å². The summed E-state index contributed by atoms with van der Waals surface area (Å²) in [6.07, 6.45) is 8.16. The first-order valence-corrected chi connectivity index (χ1v) is 6.49. The van der Waals surface area contributed by atoms with E-state index in [2.05, 4.69) is 47.8 Å². The molecule has 0 radical (unpaired) electrons. The Hall–Kier alpha value is -0.630. The molecule has 0 heterocycles. The summed E-state index contributed by atoms with van der Waals surface area (Å²) >= 11 is 3.53. The molecule has 0 saturated heterocycles. The van der Waals surface area contributed by atoms with Gasteiger partial charge in [0.2, 0.25) is 0 Å². The first kappa shape index (κ1) is 15.4. The Kier molecular flexibility index (Phi) is 8.18. The fraction of sp³-hybridized carbons (Fsp3) is 0.500. The molecule has 16 heavy (non-hydrogen) atoms. The lowest BCUT2D eigenvalue weighted by Crippen LogP contribution is -1.89. The molecule has 0 fully saturated rings. The van der Waals surface area contributed by atoms with E-state index in [0.29, 0.717) is 0 Å². The van der Waals surface area contributed by atoms with Gasteiger partial charge in [0.15, 0.2) is 0 Å². The van der Waals surface area contributed by atoms with Crippen molar-refractivity contribution in [1.29, 1.82) is 0 Å². The molecule has 0 aromatic heterocycles. The van der Waals surface area contributed by atoms with Crippen molar-refractivity contribution in [2.45, 2.75) is 47.5 Å². The number of nitrogens with zero attached hydrogens (tertiary/aromatic N) is 1. The highest BCUT2D eigenvalue weighted by atomic mass is 79.9. The van der Waals surface area contributed by atoms with Crippen molar-refractivity contribution in [1.82, 2.24) is 0 Å². The Labute approximate surface area is 108 Å². The van der Waals surface area contributed by atoms with Gasteiger partial charge in [-0.05, 0) is 44.7 Å². The van der Waals surface area contributed by atoms with Gasteiger partial charge in [0.05, 0.1) is 0 Å². The summed E-state index contributed by atoms with van der Waals surface area (Å²) in [5, 5.41) is 0. The van der Waals surface area contributed by atoms with Gasteiger partial charge in [-0.1, -0.05) is 40.6 Å². The second kappa shape index (κ2) is 8.51. The molecule has 0 bridgehead atoms. The maximum atomic E-state index is 4.62. The summed E-state index contributed by atoms with van der Waals surface area (Å²) < 4.78 is 1.24. The third-order valence-corrected chi connectivity index (χ3v) is 3.04. The maximum Gasteiger partial charge on any atom is 0.0431 e. The highest BCUT2D eigenvalue weighted by Gasteiger charge is 1.97. The number of hydrogen-bond acceptors (Lipinski definition) is 1. The Morgan fingerprint density at radius 1 is 1.25 bits per heavy atom. The zero-order valence-electron chi connectivity index (χ0n) is 11.0. The third kappa shape index (κ3) is 6.78. The standard InChI is InChI=1S/C14H22BrN/c1-6-8-12(5)16-14(11(3)4)10-9-13(15)7-2/h6,8-9H,7,10H2,1-5H3/b8-6+,13-9-,16-12-. The van der Waals surface area contributed by atoms with E-state index >= 15 is 0 Å². The van der Waals surface area contributed by atoms with E-state index in [0.717, 1.165) is 24.3 Å². The molecule has 0 aromatic rings. The molecular formula is C14H22BrN. The van der Waals surface area contributed by atoms with Gasteiger partial charge >= 0.3 is 0 Å².